The van der Waals surface area contributed by atoms with E-state index in [0.717, 1.165) is 46.0 Å². The van der Waals surface area contributed by atoms with Crippen molar-refractivity contribution in [2.24, 2.45) is 0 Å². The Hall–Kier alpha value is -4.50. The molecule has 4 aromatic rings. The van der Waals surface area contributed by atoms with Crippen LogP contribution >= 0.6 is 0 Å². The first-order chi connectivity index (χ1) is 21.2. The number of hydrogen-bond acceptors (Lipinski definition) is 4. The Morgan fingerprint density at radius 1 is 0.818 bits per heavy atom. The molecule has 0 aliphatic rings. The van der Waals surface area contributed by atoms with E-state index in [1.54, 1.807) is 30.3 Å². The van der Waals surface area contributed by atoms with Gasteiger partial charge >= 0.3 is 0 Å². The zero-order valence-electron chi connectivity index (χ0n) is 25.0. The first-order valence-electron chi connectivity index (χ1n) is 14.7. The summed E-state index contributed by atoms with van der Waals surface area (Å²) in [5, 5.41) is 2.98. The van der Waals surface area contributed by atoms with Crippen LogP contribution in [0.2, 0.25) is 0 Å². The minimum absolute atomic E-state index is 0.0943. The van der Waals surface area contributed by atoms with E-state index in [1.165, 1.54) is 17.0 Å². The van der Waals surface area contributed by atoms with Crippen molar-refractivity contribution >= 4 is 27.5 Å². The molecule has 0 spiro atoms. The van der Waals surface area contributed by atoms with E-state index in [0.29, 0.717) is 6.54 Å². The fourth-order valence-electron chi connectivity index (χ4n) is 4.81. The Morgan fingerprint density at radius 3 is 2.05 bits per heavy atom. The van der Waals surface area contributed by atoms with E-state index < -0.39 is 34.3 Å². The Labute approximate surface area is 259 Å². The number of nitrogens with one attached hydrogen (secondary N) is 1. The highest BCUT2D eigenvalue weighted by molar-refractivity contribution is 7.92. The zero-order chi connectivity index (χ0) is 31.5. The molecule has 1 N–H and O–H groups in total. The lowest BCUT2D eigenvalue weighted by Gasteiger charge is -2.34. The van der Waals surface area contributed by atoms with Crippen LogP contribution in [0.4, 0.5) is 10.1 Å². The highest BCUT2D eigenvalue weighted by atomic mass is 32.2. The van der Waals surface area contributed by atoms with Crippen molar-refractivity contribution in [3.63, 3.8) is 0 Å². The van der Waals surface area contributed by atoms with Gasteiger partial charge in [-0.25, -0.2) is 12.8 Å². The first kappa shape index (κ1) is 32.4. The van der Waals surface area contributed by atoms with Crippen LogP contribution in [0.25, 0.3) is 0 Å². The van der Waals surface area contributed by atoms with Crippen molar-refractivity contribution in [2.45, 2.75) is 50.6 Å². The minimum Gasteiger partial charge on any atom is -0.354 e. The van der Waals surface area contributed by atoms with Crippen LogP contribution in [0, 0.1) is 12.7 Å². The molecule has 0 aliphatic carbocycles. The van der Waals surface area contributed by atoms with Crippen LogP contribution in [-0.2, 0) is 32.6 Å². The summed E-state index contributed by atoms with van der Waals surface area (Å²) in [7, 11) is -4.28. The number of para-hydroxylation sites is 1. The molecule has 4 rings (SSSR count). The number of amides is 2. The van der Waals surface area contributed by atoms with Gasteiger partial charge in [0, 0.05) is 19.5 Å². The van der Waals surface area contributed by atoms with Gasteiger partial charge in [-0.15, -0.1) is 0 Å². The molecule has 9 heteroatoms. The predicted molar refractivity (Wildman–Crippen MR) is 171 cm³/mol. The summed E-state index contributed by atoms with van der Waals surface area (Å²) in [5.41, 5.74) is 2.98. The third kappa shape index (κ3) is 8.54. The number of anilines is 1. The number of carbonyl (C=O) groups is 2. The number of sulfonamides is 1. The Kier molecular flexibility index (Phi) is 11.3. The number of rotatable bonds is 14. The highest BCUT2D eigenvalue weighted by Crippen LogP contribution is 2.25. The maximum absolute atomic E-state index is 14.4. The summed E-state index contributed by atoms with van der Waals surface area (Å²) in [4.78, 5) is 29.4. The molecule has 230 valence electrons. The number of halogens is 1. The zero-order valence-corrected chi connectivity index (χ0v) is 25.8. The van der Waals surface area contributed by atoms with Crippen LogP contribution in [0.5, 0.6) is 0 Å². The third-order valence-electron chi connectivity index (χ3n) is 7.30. The van der Waals surface area contributed by atoms with Crippen LogP contribution < -0.4 is 9.62 Å². The van der Waals surface area contributed by atoms with Crippen molar-refractivity contribution in [3.05, 3.63) is 132 Å². The lowest BCUT2D eigenvalue weighted by molar-refractivity contribution is -0.140. The molecule has 0 aromatic heterocycles. The summed E-state index contributed by atoms with van der Waals surface area (Å²) in [6, 6.07) is 29.0. The van der Waals surface area contributed by atoms with E-state index in [1.807, 2.05) is 68.4 Å². The van der Waals surface area contributed by atoms with Crippen LogP contribution in [0.1, 0.15) is 36.5 Å². The second-order valence-electron chi connectivity index (χ2n) is 10.7. The van der Waals surface area contributed by atoms with E-state index in [2.05, 4.69) is 5.32 Å². The van der Waals surface area contributed by atoms with Gasteiger partial charge in [0.05, 0.1) is 10.6 Å². The average molecular weight is 616 g/mol. The summed E-state index contributed by atoms with van der Waals surface area (Å²) >= 11 is 0. The maximum atomic E-state index is 14.4. The Bertz CT molecular complexity index is 1610. The molecule has 0 fully saturated rings. The molecule has 0 saturated carbocycles. The van der Waals surface area contributed by atoms with Crippen molar-refractivity contribution in [2.75, 3.05) is 17.4 Å². The molecule has 0 radical (unpaired) electrons. The number of benzene rings is 4. The second kappa shape index (κ2) is 15.3. The number of nitrogens with zero attached hydrogens (tertiary/aromatic N) is 2. The van der Waals surface area contributed by atoms with E-state index >= 15 is 0 Å². The molecular formula is C35H38FN3O4S. The lowest BCUT2D eigenvalue weighted by atomic mass is 10.0. The normalized spacial score (nSPS) is 11.9. The highest BCUT2D eigenvalue weighted by Gasteiger charge is 2.34. The SMILES string of the molecule is CCCCNC(=O)C(Cc1ccccc1)N(Cc1ccc(C)cc1)C(=O)CN(c1ccccc1)S(=O)(=O)c1ccc(F)cc1. The topological polar surface area (TPSA) is 86.8 Å². The minimum atomic E-state index is -4.28. The van der Waals surface area contributed by atoms with Gasteiger partial charge in [0.1, 0.15) is 18.4 Å². The van der Waals surface area contributed by atoms with E-state index in [4.69, 9.17) is 0 Å². The molecule has 0 aliphatic heterocycles. The monoisotopic (exact) mass is 615 g/mol. The maximum Gasteiger partial charge on any atom is 0.264 e. The summed E-state index contributed by atoms with van der Waals surface area (Å²) < 4.78 is 42.5. The quantitative estimate of drug-likeness (QED) is 0.179. The van der Waals surface area contributed by atoms with Crippen LogP contribution in [0.15, 0.2) is 114 Å². The lowest BCUT2D eigenvalue weighted by Crippen LogP contribution is -2.53. The standard InChI is InChI=1S/C35H38FN3O4S/c1-3-4-23-37-35(41)33(24-28-11-7-5-8-12-28)38(25-29-17-15-27(2)16-18-29)34(40)26-39(31-13-9-6-10-14-31)44(42,43)32-21-19-30(36)20-22-32/h5-22,33H,3-4,23-26H2,1-2H3,(H,37,41). The number of carbonyl (C=O) groups excluding carboxylic acids is 2. The van der Waals surface area contributed by atoms with Gasteiger partial charge in [0.15, 0.2) is 0 Å². The molecule has 4 aromatic carbocycles. The molecule has 0 saturated heterocycles. The number of unbranched alkanes of at least 4 members (excludes halogenated alkanes) is 1. The third-order valence-corrected chi connectivity index (χ3v) is 9.09. The fraction of sp³-hybridized carbons (Fsp3) is 0.257. The second-order valence-corrected chi connectivity index (χ2v) is 12.5. The van der Waals surface area contributed by atoms with E-state index in [-0.39, 0.29) is 29.5 Å². The largest absolute Gasteiger partial charge is 0.354 e. The Balaban J connectivity index is 1.76. The summed E-state index contributed by atoms with van der Waals surface area (Å²) in [6.07, 6.45) is 1.92. The molecule has 1 unspecified atom stereocenters. The molecule has 0 heterocycles. The Morgan fingerprint density at radius 2 is 1.43 bits per heavy atom. The van der Waals surface area contributed by atoms with Crippen molar-refractivity contribution < 1.29 is 22.4 Å². The van der Waals surface area contributed by atoms with Gasteiger partial charge in [-0.05, 0) is 60.9 Å². The predicted octanol–water partition coefficient (Wildman–Crippen LogP) is 5.89. The fourth-order valence-corrected chi connectivity index (χ4v) is 6.22. The molecule has 1 atom stereocenters. The summed E-state index contributed by atoms with van der Waals surface area (Å²) in [6.45, 7) is 3.98. The van der Waals surface area contributed by atoms with Crippen molar-refractivity contribution in [3.8, 4) is 0 Å². The number of hydrogen-bond donors (Lipinski definition) is 1. The average Bonchev–Trinajstić information content (AvgIpc) is 3.03. The first-order valence-corrected chi connectivity index (χ1v) is 16.1. The van der Waals surface area contributed by atoms with Crippen molar-refractivity contribution in [1.29, 1.82) is 0 Å². The molecule has 2 amide bonds. The van der Waals surface area contributed by atoms with Gasteiger partial charge in [-0.1, -0.05) is 91.7 Å². The van der Waals surface area contributed by atoms with Gasteiger partial charge in [0.25, 0.3) is 10.0 Å². The van der Waals surface area contributed by atoms with Gasteiger partial charge in [-0.3, -0.25) is 13.9 Å². The summed E-state index contributed by atoms with van der Waals surface area (Å²) in [5.74, 6) is -1.43. The van der Waals surface area contributed by atoms with E-state index in [9.17, 15) is 22.4 Å². The molecular weight excluding hydrogens is 577 g/mol. The molecule has 7 nitrogen and oxygen atoms in total. The molecule has 44 heavy (non-hydrogen) atoms. The number of aryl methyl sites for hydroxylation is 1. The van der Waals surface area contributed by atoms with Crippen molar-refractivity contribution in [1.82, 2.24) is 10.2 Å². The van der Waals surface area contributed by atoms with Crippen LogP contribution in [0.3, 0.4) is 0 Å². The van der Waals surface area contributed by atoms with Crippen LogP contribution in [-0.4, -0.2) is 44.3 Å². The molecule has 0 bridgehead atoms. The van der Waals surface area contributed by atoms with Gasteiger partial charge < -0.3 is 10.2 Å². The smallest absolute Gasteiger partial charge is 0.264 e. The van der Waals surface area contributed by atoms with Gasteiger partial charge in [0.2, 0.25) is 11.8 Å². The van der Waals surface area contributed by atoms with Gasteiger partial charge in [-0.2, -0.15) is 0 Å².